The van der Waals surface area contributed by atoms with Gasteiger partial charge in [-0.15, -0.1) is 0 Å². The zero-order chi connectivity index (χ0) is 23.4. The number of ether oxygens (including phenoxy) is 1. The van der Waals surface area contributed by atoms with Gasteiger partial charge in [-0.2, -0.15) is 10.2 Å². The number of aliphatic hydroxyl groups excluding tert-OH is 2. The van der Waals surface area contributed by atoms with Crippen molar-refractivity contribution in [3.05, 3.63) is 53.1 Å². The third-order valence-corrected chi connectivity index (χ3v) is 5.87. The minimum atomic E-state index is -0.228. The molecule has 0 radical (unpaired) electrons. The van der Waals surface area contributed by atoms with Crippen LogP contribution in [0.1, 0.15) is 30.5 Å². The quantitative estimate of drug-likeness (QED) is 0.567. The van der Waals surface area contributed by atoms with Crippen molar-refractivity contribution >= 4 is 0 Å². The summed E-state index contributed by atoms with van der Waals surface area (Å²) in [6.07, 6.45) is 1.63. The smallest absolute Gasteiger partial charge is 0.258 e. The van der Waals surface area contributed by atoms with Crippen LogP contribution in [-0.4, -0.2) is 63.7 Å². The molecule has 0 amide bonds. The van der Waals surface area contributed by atoms with Crippen LogP contribution in [0.5, 0.6) is 5.75 Å². The average molecular weight is 449 g/mol. The minimum Gasteiger partial charge on any atom is -0.490 e. The molecule has 0 atom stereocenters. The summed E-state index contributed by atoms with van der Waals surface area (Å²) < 4.78 is 11.2. The molecule has 172 valence electrons. The van der Waals surface area contributed by atoms with Gasteiger partial charge in [-0.1, -0.05) is 17.3 Å². The number of hydrogen-bond donors (Lipinski definition) is 2. The first kappa shape index (κ1) is 22.9. The Hall–Kier alpha value is -3.25. The predicted octanol–water partition coefficient (Wildman–Crippen LogP) is 2.82. The fraction of sp³-hybridized carbons (Fsp3) is 0.400. The first-order valence-electron chi connectivity index (χ1n) is 11.1. The molecule has 2 N–H and O–H groups in total. The number of nitrogens with zero attached hydrogens (tertiary/aromatic N) is 4. The maximum atomic E-state index is 9.51. The molecule has 0 spiro atoms. The molecule has 0 saturated carbocycles. The number of nitriles is 1. The van der Waals surface area contributed by atoms with Gasteiger partial charge in [0, 0.05) is 24.2 Å². The van der Waals surface area contributed by atoms with Crippen LogP contribution < -0.4 is 4.74 Å². The fourth-order valence-corrected chi connectivity index (χ4v) is 4.10. The van der Waals surface area contributed by atoms with Crippen LogP contribution in [0.15, 0.2) is 40.9 Å². The summed E-state index contributed by atoms with van der Waals surface area (Å²) in [5, 5.41) is 32.7. The van der Waals surface area contributed by atoms with Crippen LogP contribution in [0, 0.1) is 11.3 Å². The topological polar surface area (TPSA) is 116 Å². The number of aliphatic hydroxyl groups is 2. The van der Waals surface area contributed by atoms with E-state index >= 15 is 0 Å². The Morgan fingerprint density at radius 3 is 2.48 bits per heavy atom. The second-order valence-electron chi connectivity index (χ2n) is 8.45. The summed E-state index contributed by atoms with van der Waals surface area (Å²) in [5.74, 6) is 1.35. The molecule has 1 aliphatic rings. The van der Waals surface area contributed by atoms with Crippen molar-refractivity contribution in [2.75, 3.05) is 26.3 Å². The van der Waals surface area contributed by atoms with E-state index in [-0.39, 0.29) is 25.4 Å². The van der Waals surface area contributed by atoms with Gasteiger partial charge in [-0.25, -0.2) is 0 Å². The van der Waals surface area contributed by atoms with Crippen LogP contribution >= 0.6 is 0 Å². The average Bonchev–Trinajstić information content (AvgIpc) is 3.22. The second-order valence-corrected chi connectivity index (χ2v) is 8.45. The van der Waals surface area contributed by atoms with Gasteiger partial charge in [0.1, 0.15) is 11.8 Å². The van der Waals surface area contributed by atoms with Crippen molar-refractivity contribution < 1.29 is 19.5 Å². The number of hydrogen-bond acceptors (Lipinski definition) is 8. The molecule has 8 heteroatoms. The molecule has 8 nitrogen and oxygen atoms in total. The highest BCUT2D eigenvalue weighted by atomic mass is 16.5. The van der Waals surface area contributed by atoms with E-state index in [0.717, 1.165) is 31.5 Å². The van der Waals surface area contributed by atoms with Crippen molar-refractivity contribution in [3.8, 4) is 34.7 Å². The van der Waals surface area contributed by atoms with Crippen LogP contribution in [0.25, 0.3) is 22.8 Å². The standard InChI is InChI=1S/C25H28N4O4/c1-16(2)32-23-6-5-20(12-21(23)13-26)25-27-24(28-33-25)19-4-3-17-7-9-29(22(14-30)15-31)10-8-18(17)11-19/h3-6,11-12,16,22,30-31H,7-10,14-15H2,1-2H3. The molecule has 0 unspecified atom stereocenters. The van der Waals surface area contributed by atoms with Crippen LogP contribution in [-0.2, 0) is 12.8 Å². The summed E-state index contributed by atoms with van der Waals surface area (Å²) in [7, 11) is 0. The number of aromatic nitrogens is 2. The summed E-state index contributed by atoms with van der Waals surface area (Å²) in [6.45, 7) is 5.28. The normalized spacial score (nSPS) is 14.2. The highest BCUT2D eigenvalue weighted by Gasteiger charge is 2.21. The van der Waals surface area contributed by atoms with Crippen LogP contribution in [0.3, 0.4) is 0 Å². The molecule has 4 rings (SSSR count). The monoisotopic (exact) mass is 448 g/mol. The van der Waals surface area contributed by atoms with E-state index in [1.54, 1.807) is 18.2 Å². The second kappa shape index (κ2) is 10.1. The summed E-state index contributed by atoms with van der Waals surface area (Å²) in [6, 6.07) is 13.3. The lowest BCUT2D eigenvalue weighted by molar-refractivity contribution is 0.0769. The molecule has 1 aromatic heterocycles. The first-order chi connectivity index (χ1) is 16.0. The van der Waals surface area contributed by atoms with Crippen molar-refractivity contribution in [1.29, 1.82) is 5.26 Å². The third kappa shape index (κ3) is 5.06. The zero-order valence-corrected chi connectivity index (χ0v) is 18.9. The van der Waals surface area contributed by atoms with Gasteiger partial charge < -0.3 is 19.5 Å². The van der Waals surface area contributed by atoms with E-state index in [9.17, 15) is 15.5 Å². The Labute approximate surface area is 193 Å². The van der Waals surface area contributed by atoms with E-state index in [1.807, 2.05) is 19.9 Å². The van der Waals surface area contributed by atoms with Gasteiger partial charge in [0.2, 0.25) is 5.82 Å². The molecule has 2 aromatic carbocycles. The van der Waals surface area contributed by atoms with Crippen molar-refractivity contribution in [1.82, 2.24) is 15.0 Å². The Morgan fingerprint density at radius 1 is 1.06 bits per heavy atom. The Balaban J connectivity index is 1.55. The largest absolute Gasteiger partial charge is 0.490 e. The van der Waals surface area contributed by atoms with Crippen molar-refractivity contribution in [2.24, 2.45) is 0 Å². The molecule has 0 saturated heterocycles. The predicted molar refractivity (Wildman–Crippen MR) is 123 cm³/mol. The van der Waals surface area contributed by atoms with Gasteiger partial charge in [-0.05, 0) is 62.1 Å². The number of benzene rings is 2. The van der Waals surface area contributed by atoms with Crippen LogP contribution in [0.4, 0.5) is 0 Å². The van der Waals surface area contributed by atoms with Gasteiger partial charge in [0.25, 0.3) is 5.89 Å². The molecule has 0 bridgehead atoms. The van der Waals surface area contributed by atoms with Crippen molar-refractivity contribution in [2.45, 2.75) is 38.8 Å². The summed E-state index contributed by atoms with van der Waals surface area (Å²) >= 11 is 0. The first-order valence-corrected chi connectivity index (χ1v) is 11.1. The van der Waals surface area contributed by atoms with Gasteiger partial charge in [0.05, 0.1) is 30.9 Å². The summed E-state index contributed by atoms with van der Waals surface area (Å²) in [5.41, 5.74) is 4.39. The maximum absolute atomic E-state index is 9.51. The van der Waals surface area contributed by atoms with Gasteiger partial charge >= 0.3 is 0 Å². The number of rotatable bonds is 7. The highest BCUT2D eigenvalue weighted by Crippen LogP contribution is 2.29. The van der Waals surface area contributed by atoms with E-state index in [2.05, 4.69) is 33.2 Å². The number of fused-ring (bicyclic) bond motifs is 1. The van der Waals surface area contributed by atoms with E-state index < -0.39 is 0 Å². The SMILES string of the molecule is CC(C)Oc1ccc(-c2nc(-c3ccc4c(c3)CCN(C(CO)CO)CC4)no2)cc1C#N. The van der Waals surface area contributed by atoms with Gasteiger partial charge in [0.15, 0.2) is 0 Å². The lowest BCUT2D eigenvalue weighted by Crippen LogP contribution is -2.42. The molecule has 0 aliphatic carbocycles. The highest BCUT2D eigenvalue weighted by molar-refractivity contribution is 5.64. The molecular formula is C25H28N4O4. The third-order valence-electron chi connectivity index (χ3n) is 5.87. The lowest BCUT2D eigenvalue weighted by Gasteiger charge is -2.27. The molecule has 3 aromatic rings. The van der Waals surface area contributed by atoms with Crippen LogP contribution in [0.2, 0.25) is 0 Å². The molecule has 1 aliphatic heterocycles. The maximum Gasteiger partial charge on any atom is 0.258 e. The van der Waals surface area contributed by atoms with E-state index in [1.165, 1.54) is 11.1 Å². The van der Waals surface area contributed by atoms with E-state index in [4.69, 9.17) is 9.26 Å². The van der Waals surface area contributed by atoms with E-state index in [0.29, 0.717) is 28.6 Å². The summed E-state index contributed by atoms with van der Waals surface area (Å²) in [4.78, 5) is 6.68. The molecular weight excluding hydrogens is 420 g/mol. The molecule has 33 heavy (non-hydrogen) atoms. The Bertz CT molecular complexity index is 1150. The Kier molecular flexibility index (Phi) is 7.04. The molecule has 2 heterocycles. The fourth-order valence-electron chi connectivity index (χ4n) is 4.10. The zero-order valence-electron chi connectivity index (χ0n) is 18.9. The van der Waals surface area contributed by atoms with Gasteiger partial charge in [-0.3, -0.25) is 4.90 Å². The minimum absolute atomic E-state index is 0.0311. The Morgan fingerprint density at radius 2 is 1.79 bits per heavy atom. The van der Waals surface area contributed by atoms with Crippen molar-refractivity contribution in [3.63, 3.8) is 0 Å². The molecule has 0 fully saturated rings. The lowest BCUT2D eigenvalue weighted by atomic mass is 10.00.